The molecule has 69 heavy (non-hydrogen) atoms. The van der Waals surface area contributed by atoms with Crippen LogP contribution in [0.15, 0.2) is 66.9 Å². The molecule has 3 saturated heterocycles. The van der Waals surface area contributed by atoms with Crippen LogP contribution in [-0.2, 0) is 30.2 Å². The normalized spacial score (nSPS) is 19.9. The molecular formula is C48H46ClN7O10S3. The van der Waals surface area contributed by atoms with Gasteiger partial charge in [0, 0.05) is 60.5 Å². The molecule has 4 N–H and O–H groups in total. The minimum Gasteiger partial charge on any atom is -0.479 e. The van der Waals surface area contributed by atoms with Gasteiger partial charge >= 0.3 is 11.9 Å². The number of benzene rings is 3. The summed E-state index contributed by atoms with van der Waals surface area (Å²) in [7, 11) is -3.78. The number of aliphatic carboxylic acids is 1. The Bertz CT molecular complexity index is 3240. The van der Waals surface area contributed by atoms with Crippen molar-refractivity contribution in [3.8, 4) is 16.2 Å². The van der Waals surface area contributed by atoms with Crippen LogP contribution < -0.4 is 25.2 Å². The number of nitrogens with zero attached hydrogens (tertiary/aromatic N) is 5. The number of sulfonamides is 1. The van der Waals surface area contributed by atoms with Gasteiger partial charge in [-0.25, -0.2) is 23.0 Å². The number of carboxylic acid groups (broad SMARTS) is 2. The molecule has 0 saturated carbocycles. The highest BCUT2D eigenvalue weighted by Crippen LogP contribution is 2.47. The van der Waals surface area contributed by atoms with Gasteiger partial charge in [0.05, 0.1) is 21.0 Å². The van der Waals surface area contributed by atoms with Crippen LogP contribution in [0.25, 0.3) is 31.6 Å². The van der Waals surface area contributed by atoms with Crippen molar-refractivity contribution >= 4 is 112 Å². The maximum Gasteiger partial charge on any atom is 0.349 e. The van der Waals surface area contributed by atoms with E-state index in [0.29, 0.717) is 45.7 Å². The quantitative estimate of drug-likeness (QED) is 0.0813. The van der Waals surface area contributed by atoms with Crippen molar-refractivity contribution in [1.82, 2.24) is 19.6 Å². The summed E-state index contributed by atoms with van der Waals surface area (Å²) in [6.45, 7) is 4.85. The lowest BCUT2D eigenvalue weighted by molar-refractivity contribution is -0.139. The van der Waals surface area contributed by atoms with E-state index in [1.807, 2.05) is 50.2 Å². The molecule has 2 atom stereocenters. The first-order valence-electron chi connectivity index (χ1n) is 22.5. The number of imide groups is 1. The highest BCUT2D eigenvalue weighted by molar-refractivity contribution is 7.88. The number of carbonyl (C=O) groups excluding carboxylic acids is 3. The molecule has 358 valence electrons. The summed E-state index contributed by atoms with van der Waals surface area (Å²) in [4.78, 5) is 74.9. The summed E-state index contributed by atoms with van der Waals surface area (Å²) in [5.41, 5.74) is 4.14. The molecular weight excluding hydrogens is 966 g/mol. The molecule has 10 rings (SSSR count). The van der Waals surface area contributed by atoms with E-state index in [1.54, 1.807) is 33.6 Å². The average Bonchev–Trinajstić information content (AvgIpc) is 3.97. The summed E-state index contributed by atoms with van der Waals surface area (Å²) in [6, 6.07) is 18.0. The van der Waals surface area contributed by atoms with Crippen molar-refractivity contribution in [1.29, 1.82) is 0 Å². The Balaban J connectivity index is 0.778. The highest BCUT2D eigenvalue weighted by Gasteiger charge is 2.43. The number of thiophene rings is 1. The lowest BCUT2D eigenvalue weighted by Crippen LogP contribution is -2.55. The molecule has 17 nitrogen and oxygen atoms in total. The number of pyridine rings is 1. The van der Waals surface area contributed by atoms with Crippen LogP contribution in [0.3, 0.4) is 0 Å². The third kappa shape index (κ3) is 8.77. The number of aromatic carboxylic acids is 1. The number of halogens is 1. The van der Waals surface area contributed by atoms with E-state index >= 15 is 0 Å². The second kappa shape index (κ2) is 18.0. The second-order valence-corrected chi connectivity index (χ2v) is 22.7. The Labute approximate surface area is 409 Å². The Kier molecular flexibility index (Phi) is 12.1. The Hall–Kier alpha value is -6.19. The van der Waals surface area contributed by atoms with Gasteiger partial charge in [-0.3, -0.25) is 24.6 Å². The Morgan fingerprint density at radius 3 is 2.51 bits per heavy atom. The summed E-state index contributed by atoms with van der Waals surface area (Å²) >= 11 is 8.92. The first-order chi connectivity index (χ1) is 33.0. The number of piperidine rings is 3. The number of carboxylic acids is 2. The molecule has 3 fully saturated rings. The molecule has 4 aliphatic heterocycles. The molecule has 0 radical (unpaired) electrons. The van der Waals surface area contributed by atoms with Gasteiger partial charge in [-0.05, 0) is 104 Å². The lowest BCUT2D eigenvalue weighted by Gasteiger charge is -2.44. The van der Waals surface area contributed by atoms with Gasteiger partial charge in [-0.15, -0.1) is 11.3 Å². The van der Waals surface area contributed by atoms with Crippen LogP contribution in [0.2, 0.25) is 5.02 Å². The van der Waals surface area contributed by atoms with E-state index in [-0.39, 0.29) is 64.6 Å². The van der Waals surface area contributed by atoms with E-state index in [2.05, 4.69) is 26.6 Å². The zero-order valence-corrected chi connectivity index (χ0v) is 40.6. The zero-order chi connectivity index (χ0) is 48.5. The van der Waals surface area contributed by atoms with Crippen molar-refractivity contribution in [3.63, 3.8) is 0 Å². The Morgan fingerprint density at radius 2 is 1.77 bits per heavy atom. The van der Waals surface area contributed by atoms with Gasteiger partial charge < -0.3 is 25.2 Å². The number of aromatic nitrogens is 2. The first-order valence-corrected chi connectivity index (χ1v) is 26.1. The average molecular weight is 1010 g/mol. The van der Waals surface area contributed by atoms with Crippen LogP contribution in [0, 0.1) is 0 Å². The number of ether oxygens (including phenoxy) is 1. The maximum atomic E-state index is 14.1. The largest absolute Gasteiger partial charge is 0.479 e. The van der Waals surface area contributed by atoms with Gasteiger partial charge in [0.2, 0.25) is 21.8 Å². The van der Waals surface area contributed by atoms with Crippen LogP contribution in [0.1, 0.15) is 89.4 Å². The minimum atomic E-state index is -3.78. The van der Waals surface area contributed by atoms with Crippen molar-refractivity contribution in [2.24, 2.45) is 0 Å². The topological polar surface area (TPSA) is 229 Å². The van der Waals surface area contributed by atoms with Gasteiger partial charge in [0.15, 0.2) is 28.0 Å². The summed E-state index contributed by atoms with van der Waals surface area (Å²) in [5.74, 6) is -3.76. The molecule has 6 aromatic rings. The van der Waals surface area contributed by atoms with E-state index in [1.165, 1.54) is 11.3 Å². The highest BCUT2D eigenvalue weighted by atomic mass is 35.5. The molecule has 3 aromatic carbocycles. The van der Waals surface area contributed by atoms with Crippen molar-refractivity contribution in [3.05, 3.63) is 93.5 Å². The molecule has 21 heteroatoms. The zero-order valence-electron chi connectivity index (χ0n) is 37.4. The lowest BCUT2D eigenvalue weighted by atomic mass is 9.85. The van der Waals surface area contributed by atoms with Crippen molar-refractivity contribution in [2.45, 2.75) is 81.7 Å². The predicted molar refractivity (Wildman–Crippen MR) is 263 cm³/mol. The van der Waals surface area contributed by atoms with E-state index in [9.17, 15) is 37.5 Å². The van der Waals surface area contributed by atoms with Gasteiger partial charge in [0.25, 0.3) is 5.91 Å². The molecule has 4 aliphatic rings. The molecule has 0 bridgehead atoms. The molecule has 0 aliphatic carbocycles. The fourth-order valence-electron chi connectivity index (χ4n) is 10.3. The molecule has 0 spiro atoms. The second-order valence-electron chi connectivity index (χ2n) is 18.4. The number of amides is 3. The summed E-state index contributed by atoms with van der Waals surface area (Å²) < 4.78 is 35.9. The fraction of sp³-hybridized carbons (Fsp3) is 0.354. The van der Waals surface area contributed by atoms with Crippen molar-refractivity contribution < 1.29 is 47.3 Å². The third-order valence-corrected chi connectivity index (χ3v) is 18.2. The van der Waals surface area contributed by atoms with E-state index in [0.717, 1.165) is 69.1 Å². The van der Waals surface area contributed by atoms with Crippen LogP contribution in [-0.4, -0.2) is 106 Å². The number of carbonyl (C=O) groups is 5. The van der Waals surface area contributed by atoms with Gasteiger partial charge in [-0.2, -0.15) is 9.29 Å². The standard InChI is InChI=1S/C48H46ClN7O10S3/c1-48(2)21-29(51-28-6-3-5-27(20-28)41-39(49)40(66-23-37(58)59)42(68-41)46(62)63)15-18-55(48)69(64,65)24-25-19-35-43(50-22-25)53-47(67-35)54-16-13-26(14-17-54)30-9-10-33-38-31(30)7-4-8-32(38)45(61)56(33)34-11-12-36(57)52-44(34)60/h3-10,19-20,22,26,29,34,51H,11-18,21,23-24H2,1-2H3,(H,58,59)(H,62,63)(H,52,57,60). The predicted octanol–water partition coefficient (Wildman–Crippen LogP) is 7.72. The number of fused-ring (bicyclic) bond motifs is 1. The van der Waals surface area contributed by atoms with Crippen molar-refractivity contribution in [2.75, 3.05) is 41.4 Å². The van der Waals surface area contributed by atoms with Crippen LogP contribution >= 0.6 is 34.3 Å². The van der Waals surface area contributed by atoms with E-state index < -0.39 is 46.1 Å². The van der Waals surface area contributed by atoms with E-state index in [4.69, 9.17) is 26.4 Å². The fourth-order valence-corrected chi connectivity index (χ4v) is 14.7. The minimum absolute atomic E-state index is 0.00791. The molecule has 3 aromatic heterocycles. The molecule has 3 amide bonds. The summed E-state index contributed by atoms with van der Waals surface area (Å²) in [5, 5.41) is 27.4. The summed E-state index contributed by atoms with van der Waals surface area (Å²) in [6.07, 6.45) is 4.77. The number of nitrogens with one attached hydrogen (secondary N) is 2. The number of hydrogen-bond acceptors (Lipinski definition) is 14. The smallest absolute Gasteiger partial charge is 0.349 e. The van der Waals surface area contributed by atoms with Crippen LogP contribution in [0.5, 0.6) is 5.75 Å². The number of thiazole rings is 1. The van der Waals surface area contributed by atoms with Crippen LogP contribution in [0.4, 0.5) is 16.5 Å². The first kappa shape index (κ1) is 46.5. The molecule has 7 heterocycles. The number of hydrogen-bond donors (Lipinski definition) is 4. The molecule has 2 unspecified atom stereocenters. The Morgan fingerprint density at radius 1 is 0.986 bits per heavy atom. The maximum absolute atomic E-state index is 14.1. The van der Waals surface area contributed by atoms with Gasteiger partial charge in [0.1, 0.15) is 11.1 Å². The number of rotatable bonds is 13. The number of anilines is 3. The monoisotopic (exact) mass is 1010 g/mol. The third-order valence-electron chi connectivity index (χ3n) is 13.4. The van der Waals surface area contributed by atoms with Gasteiger partial charge in [-0.1, -0.05) is 53.3 Å². The SMILES string of the molecule is CC1(C)CC(Nc2cccc(-c3sc(C(=O)O)c(OCC(=O)O)c3Cl)c2)CCN1S(=O)(=O)Cc1cnc2nc(N3CCC(c4ccc5c6c(cccc46)C(=O)N5C4CCC(=O)NC4=O)CC3)sc2c1.